The zero-order valence-electron chi connectivity index (χ0n) is 8.58. The summed E-state index contributed by atoms with van der Waals surface area (Å²) in [6.07, 6.45) is 0. The summed E-state index contributed by atoms with van der Waals surface area (Å²) in [5.41, 5.74) is -4.20. The molecule has 0 bridgehead atoms. The van der Waals surface area contributed by atoms with Gasteiger partial charge in [0.05, 0.1) is 4.83 Å². The predicted octanol–water partition coefficient (Wildman–Crippen LogP) is 4.55. The number of thiol groups is 1. The van der Waals surface area contributed by atoms with E-state index >= 15 is 0 Å². The van der Waals surface area contributed by atoms with Gasteiger partial charge < -0.3 is 0 Å². The number of halogens is 4. The van der Waals surface area contributed by atoms with E-state index in [0.29, 0.717) is 0 Å². The van der Waals surface area contributed by atoms with E-state index in [1.807, 2.05) is 0 Å². The molecule has 0 radical (unpaired) electrons. The van der Waals surface area contributed by atoms with Crippen LogP contribution in [-0.2, 0) is 0 Å². The number of ketones is 1. The molecule has 1 unspecified atom stereocenters. The Morgan fingerprint density at radius 3 is 2.53 bits per heavy atom. The molecule has 7 heteroatoms. The van der Waals surface area contributed by atoms with Crippen LogP contribution in [0.25, 0.3) is 0 Å². The van der Waals surface area contributed by atoms with Crippen molar-refractivity contribution in [2.75, 3.05) is 0 Å². The van der Waals surface area contributed by atoms with Crippen molar-refractivity contribution in [2.24, 2.45) is 0 Å². The van der Waals surface area contributed by atoms with Gasteiger partial charge in [-0.25, -0.2) is 0 Å². The van der Waals surface area contributed by atoms with Crippen molar-refractivity contribution >= 4 is 46.1 Å². The molecule has 0 spiro atoms. The Hall–Kier alpha value is -0.140. The Morgan fingerprint density at radius 1 is 1.47 bits per heavy atom. The predicted molar refractivity (Wildman–Crippen MR) is 68.3 cm³/mol. The average molecular weight is 345 g/mol. The second-order valence-corrected chi connectivity index (χ2v) is 6.11. The number of alkyl halides is 4. The van der Waals surface area contributed by atoms with Gasteiger partial charge in [0.2, 0.25) is 0 Å². The van der Waals surface area contributed by atoms with Gasteiger partial charge in [-0.2, -0.15) is 13.2 Å². The third-order valence-corrected chi connectivity index (χ3v) is 3.69. The third-order valence-electron chi connectivity index (χ3n) is 1.85. The molecule has 0 aromatic heterocycles. The van der Waals surface area contributed by atoms with E-state index in [1.165, 1.54) is 18.2 Å². The van der Waals surface area contributed by atoms with Crippen LogP contribution in [0, 0.1) is 0 Å². The molecule has 1 aromatic carbocycles. The maximum absolute atomic E-state index is 12.2. The standard InChI is InChI=1S/C10H8BrF3OS2/c1-5(11)8(15)6-3-2-4-7(9(6)16)17-10(12,13)14/h2-5,16H,1H3. The molecule has 0 aliphatic carbocycles. The topological polar surface area (TPSA) is 17.1 Å². The normalized spacial score (nSPS) is 13.5. The van der Waals surface area contributed by atoms with Gasteiger partial charge in [-0.15, -0.1) is 12.6 Å². The molecule has 0 aliphatic heterocycles. The van der Waals surface area contributed by atoms with E-state index < -0.39 is 10.3 Å². The fraction of sp³-hybridized carbons (Fsp3) is 0.300. The van der Waals surface area contributed by atoms with E-state index in [1.54, 1.807) is 6.92 Å². The van der Waals surface area contributed by atoms with Gasteiger partial charge in [-0.3, -0.25) is 4.79 Å². The van der Waals surface area contributed by atoms with Gasteiger partial charge >= 0.3 is 5.51 Å². The van der Waals surface area contributed by atoms with Crippen molar-refractivity contribution in [1.29, 1.82) is 0 Å². The van der Waals surface area contributed by atoms with Crippen LogP contribution in [0.2, 0.25) is 0 Å². The molecule has 0 saturated heterocycles. The minimum absolute atomic E-state index is 0.0612. The summed E-state index contributed by atoms with van der Waals surface area (Å²) in [7, 11) is 0. The van der Waals surface area contributed by atoms with E-state index in [2.05, 4.69) is 28.6 Å². The second-order valence-electron chi connectivity index (χ2n) is 3.18. The van der Waals surface area contributed by atoms with Gasteiger partial charge in [0.25, 0.3) is 0 Å². The number of thioether (sulfide) groups is 1. The van der Waals surface area contributed by atoms with Crippen LogP contribution < -0.4 is 0 Å². The lowest BCUT2D eigenvalue weighted by molar-refractivity contribution is -0.0329. The number of hydrogen-bond acceptors (Lipinski definition) is 3. The van der Waals surface area contributed by atoms with Crippen LogP contribution in [-0.4, -0.2) is 16.1 Å². The summed E-state index contributed by atoms with van der Waals surface area (Å²) in [5, 5.41) is 0. The zero-order chi connectivity index (χ0) is 13.2. The van der Waals surface area contributed by atoms with E-state index in [-0.39, 0.29) is 32.9 Å². The number of rotatable bonds is 3. The highest BCUT2D eigenvalue weighted by Gasteiger charge is 2.31. The van der Waals surface area contributed by atoms with Gasteiger partial charge in [0.15, 0.2) is 5.78 Å². The van der Waals surface area contributed by atoms with Crippen LogP contribution in [0.3, 0.4) is 0 Å². The summed E-state index contributed by atoms with van der Waals surface area (Å²) in [5.74, 6) is -0.292. The molecule has 1 atom stereocenters. The molecular weight excluding hydrogens is 337 g/mol. The van der Waals surface area contributed by atoms with Gasteiger partial charge in [0.1, 0.15) is 0 Å². The highest BCUT2D eigenvalue weighted by molar-refractivity contribution is 9.10. The summed E-state index contributed by atoms with van der Waals surface area (Å²) in [6, 6.07) is 4.16. The SMILES string of the molecule is CC(Br)C(=O)c1cccc(SC(F)(F)F)c1S. The molecule has 0 N–H and O–H groups in total. The van der Waals surface area contributed by atoms with Crippen molar-refractivity contribution < 1.29 is 18.0 Å². The Labute approximate surface area is 115 Å². The quantitative estimate of drug-likeness (QED) is 0.375. The van der Waals surface area contributed by atoms with E-state index in [9.17, 15) is 18.0 Å². The Morgan fingerprint density at radius 2 is 2.06 bits per heavy atom. The highest BCUT2D eigenvalue weighted by atomic mass is 79.9. The number of hydrogen-bond donors (Lipinski definition) is 1. The van der Waals surface area contributed by atoms with Crippen LogP contribution in [0.5, 0.6) is 0 Å². The first-order chi connectivity index (χ1) is 7.72. The maximum Gasteiger partial charge on any atom is 0.446 e. The monoisotopic (exact) mass is 344 g/mol. The molecule has 17 heavy (non-hydrogen) atoms. The second kappa shape index (κ2) is 5.67. The van der Waals surface area contributed by atoms with Crippen LogP contribution in [0.15, 0.2) is 28.0 Å². The Bertz CT molecular complexity index is 432. The van der Waals surface area contributed by atoms with Crippen molar-refractivity contribution in [3.05, 3.63) is 23.8 Å². The first kappa shape index (κ1) is 14.9. The van der Waals surface area contributed by atoms with Crippen molar-refractivity contribution in [3.63, 3.8) is 0 Å². The highest BCUT2D eigenvalue weighted by Crippen LogP contribution is 2.40. The number of Topliss-reactive ketones (excluding diaryl/α,β-unsaturated/α-hetero) is 1. The van der Waals surface area contributed by atoms with E-state index in [0.717, 1.165) is 0 Å². The average Bonchev–Trinajstić information content (AvgIpc) is 2.18. The van der Waals surface area contributed by atoms with Crippen LogP contribution in [0.4, 0.5) is 13.2 Å². The lowest BCUT2D eigenvalue weighted by Crippen LogP contribution is -2.11. The molecule has 94 valence electrons. The van der Waals surface area contributed by atoms with Crippen LogP contribution >= 0.6 is 40.3 Å². The summed E-state index contributed by atoms with van der Waals surface area (Å²) in [6.45, 7) is 1.61. The first-order valence-corrected chi connectivity index (χ1v) is 6.66. The fourth-order valence-electron chi connectivity index (χ4n) is 1.14. The lowest BCUT2D eigenvalue weighted by atomic mass is 10.1. The van der Waals surface area contributed by atoms with Crippen molar-refractivity contribution in [1.82, 2.24) is 0 Å². The number of carbonyl (C=O) groups excluding carboxylic acids is 1. The first-order valence-electron chi connectivity index (χ1n) is 4.48. The molecule has 1 aromatic rings. The number of benzene rings is 1. The number of carbonyl (C=O) groups is 1. The molecule has 0 amide bonds. The van der Waals surface area contributed by atoms with Crippen molar-refractivity contribution in [2.45, 2.75) is 27.1 Å². The molecule has 1 rings (SSSR count). The zero-order valence-corrected chi connectivity index (χ0v) is 11.9. The fourth-order valence-corrected chi connectivity index (χ4v) is 2.39. The van der Waals surface area contributed by atoms with Crippen LogP contribution in [0.1, 0.15) is 17.3 Å². The molecule has 0 heterocycles. The minimum Gasteiger partial charge on any atom is -0.293 e. The molecule has 0 fully saturated rings. The third kappa shape index (κ3) is 4.22. The van der Waals surface area contributed by atoms with Gasteiger partial charge in [-0.1, -0.05) is 28.1 Å². The summed E-state index contributed by atoms with van der Waals surface area (Å²) >= 11 is 6.81. The van der Waals surface area contributed by atoms with Gasteiger partial charge in [0, 0.05) is 15.4 Å². The summed E-state index contributed by atoms with van der Waals surface area (Å²) < 4.78 is 36.7. The molecule has 1 nitrogen and oxygen atoms in total. The molecule has 0 saturated carbocycles. The van der Waals surface area contributed by atoms with Crippen molar-refractivity contribution in [3.8, 4) is 0 Å². The van der Waals surface area contributed by atoms with E-state index in [4.69, 9.17) is 0 Å². The van der Waals surface area contributed by atoms with Gasteiger partial charge in [-0.05, 0) is 24.8 Å². The Kier molecular flexibility index (Phi) is 4.97. The largest absolute Gasteiger partial charge is 0.446 e. The smallest absolute Gasteiger partial charge is 0.293 e. The lowest BCUT2D eigenvalue weighted by Gasteiger charge is -2.11. The Balaban J connectivity index is 3.12. The summed E-state index contributed by atoms with van der Waals surface area (Å²) in [4.78, 5) is 11.2. The molecule has 0 aliphatic rings. The minimum atomic E-state index is -4.39. The molecular formula is C10H8BrF3OS2. The maximum atomic E-state index is 12.2.